The van der Waals surface area contributed by atoms with E-state index in [1.54, 1.807) is 10.6 Å². The number of rotatable bonds is 5. The maximum atomic E-state index is 13.3. The lowest BCUT2D eigenvalue weighted by molar-refractivity contribution is -0.157. The van der Waals surface area contributed by atoms with E-state index < -0.39 is 12.1 Å². The van der Waals surface area contributed by atoms with Gasteiger partial charge in [-0.2, -0.15) is 0 Å². The van der Waals surface area contributed by atoms with Gasteiger partial charge in [0.15, 0.2) is 17.6 Å². The zero-order chi connectivity index (χ0) is 22.7. The molecule has 8 nitrogen and oxygen atoms in total. The van der Waals surface area contributed by atoms with Crippen LogP contribution in [0.15, 0.2) is 23.0 Å². The zero-order valence-electron chi connectivity index (χ0n) is 18.3. The molecule has 0 radical (unpaired) electrons. The van der Waals surface area contributed by atoms with E-state index in [9.17, 15) is 14.7 Å². The Hall–Kier alpha value is -3.39. The number of cyclic esters (lactones) is 1. The number of benzene rings is 1. The van der Waals surface area contributed by atoms with Crippen molar-refractivity contribution in [1.82, 2.24) is 9.55 Å². The third-order valence-corrected chi connectivity index (χ3v) is 6.85. The summed E-state index contributed by atoms with van der Waals surface area (Å²) in [5, 5.41) is 11.4. The Morgan fingerprint density at radius 3 is 2.70 bits per heavy atom. The number of hydrogen-bond acceptors (Lipinski definition) is 7. The predicted molar refractivity (Wildman–Crippen MR) is 119 cm³/mol. The van der Waals surface area contributed by atoms with Crippen molar-refractivity contribution in [3.63, 3.8) is 0 Å². The first-order valence-corrected chi connectivity index (χ1v) is 11.4. The highest BCUT2D eigenvalue weighted by Gasteiger charge is 2.35. The van der Waals surface area contributed by atoms with Gasteiger partial charge in [0.2, 0.25) is 6.79 Å². The van der Waals surface area contributed by atoms with Crippen molar-refractivity contribution in [3.05, 3.63) is 50.8 Å². The molecule has 3 aliphatic rings. The van der Waals surface area contributed by atoms with Gasteiger partial charge in [-0.05, 0) is 30.5 Å². The van der Waals surface area contributed by atoms with Crippen LogP contribution >= 0.6 is 0 Å². The third kappa shape index (κ3) is 3.04. The molecule has 1 aromatic carbocycles. The maximum absolute atomic E-state index is 13.3. The molecule has 1 atom stereocenters. The Bertz CT molecular complexity index is 1380. The summed E-state index contributed by atoms with van der Waals surface area (Å²) in [6, 6.07) is 5.60. The topological polar surface area (TPSA) is 99.9 Å². The number of hydrogen-bond donors (Lipinski definition) is 1. The molecule has 0 saturated heterocycles. The summed E-state index contributed by atoms with van der Waals surface area (Å²) in [5.41, 5.74) is 4.69. The summed E-state index contributed by atoms with van der Waals surface area (Å²) in [5.74, 6) is 0.632. The van der Waals surface area contributed by atoms with E-state index >= 15 is 0 Å². The lowest BCUT2D eigenvalue weighted by Gasteiger charge is -2.21. The van der Waals surface area contributed by atoms with Crippen LogP contribution in [0.2, 0.25) is 0 Å². The van der Waals surface area contributed by atoms with Crippen LogP contribution in [0.5, 0.6) is 11.5 Å². The number of aliphatic hydroxyl groups excluding tert-OH is 1. The monoisotopic (exact) mass is 448 g/mol. The summed E-state index contributed by atoms with van der Waals surface area (Å²) in [4.78, 5) is 30.1. The number of aryl methyl sites for hydroxylation is 1. The van der Waals surface area contributed by atoms with E-state index in [2.05, 4.69) is 6.92 Å². The van der Waals surface area contributed by atoms with Crippen LogP contribution in [0.4, 0.5) is 0 Å². The molecule has 0 spiro atoms. The van der Waals surface area contributed by atoms with E-state index in [1.165, 1.54) is 12.0 Å². The molecular weight excluding hydrogens is 424 g/mol. The number of aliphatic hydroxyl groups is 1. The summed E-state index contributed by atoms with van der Waals surface area (Å²) in [6.07, 6.45) is 3.91. The average Bonchev–Trinajstić information content (AvgIpc) is 3.42. The molecule has 0 bridgehead atoms. The second kappa shape index (κ2) is 7.59. The second-order valence-corrected chi connectivity index (χ2v) is 8.82. The molecule has 0 aliphatic carbocycles. The second-order valence-electron chi connectivity index (χ2n) is 8.82. The van der Waals surface area contributed by atoms with Gasteiger partial charge in [-0.15, -0.1) is 0 Å². The number of pyridine rings is 2. The molecule has 3 aromatic rings. The van der Waals surface area contributed by atoms with Gasteiger partial charge in [0, 0.05) is 22.6 Å². The van der Waals surface area contributed by atoms with Gasteiger partial charge in [-0.3, -0.25) is 4.79 Å². The van der Waals surface area contributed by atoms with Crippen LogP contribution in [0.25, 0.3) is 22.3 Å². The van der Waals surface area contributed by atoms with E-state index in [4.69, 9.17) is 19.2 Å². The van der Waals surface area contributed by atoms with Crippen molar-refractivity contribution in [2.45, 2.75) is 58.3 Å². The fourth-order valence-corrected chi connectivity index (χ4v) is 5.11. The fraction of sp³-hybridized carbons (Fsp3) is 0.400. The minimum Gasteiger partial charge on any atom is -0.458 e. The average molecular weight is 448 g/mol. The minimum absolute atomic E-state index is 0.124. The van der Waals surface area contributed by atoms with Crippen molar-refractivity contribution in [1.29, 1.82) is 0 Å². The minimum atomic E-state index is -1.46. The van der Waals surface area contributed by atoms with Crippen LogP contribution in [0.3, 0.4) is 0 Å². The highest BCUT2D eigenvalue weighted by molar-refractivity contribution is 5.91. The summed E-state index contributed by atoms with van der Waals surface area (Å²) in [6.45, 7) is 2.66. The van der Waals surface area contributed by atoms with Crippen LogP contribution in [-0.2, 0) is 29.1 Å². The van der Waals surface area contributed by atoms with E-state index in [1.807, 2.05) is 12.1 Å². The van der Waals surface area contributed by atoms with Crippen LogP contribution < -0.4 is 15.0 Å². The third-order valence-electron chi connectivity index (χ3n) is 6.85. The Balaban J connectivity index is 1.55. The smallest absolute Gasteiger partial charge is 0.340 e. The molecule has 1 N–H and O–H groups in total. The molecule has 3 aliphatic heterocycles. The number of nitrogens with zero attached hydrogens (tertiary/aromatic N) is 2. The standard InChI is InChI=1S/C25H24N2O6/c1-2-3-4-5-6-13-14-8-20-21(33-12-32-20)9-18(14)26-22-16(13)10-27-19(22)7-15-17(24(27)29)11-31-25(30)23(15)28/h7-9,23,28H,2-6,10-12H2,1H3. The Morgan fingerprint density at radius 2 is 1.88 bits per heavy atom. The quantitative estimate of drug-likeness (QED) is 0.369. The van der Waals surface area contributed by atoms with Gasteiger partial charge in [-0.25, -0.2) is 9.78 Å². The van der Waals surface area contributed by atoms with Crippen molar-refractivity contribution >= 4 is 16.9 Å². The predicted octanol–water partition coefficient (Wildman–Crippen LogP) is 3.37. The van der Waals surface area contributed by atoms with E-state index in [-0.39, 0.29) is 19.0 Å². The molecule has 170 valence electrons. The highest BCUT2D eigenvalue weighted by Crippen LogP contribution is 2.42. The van der Waals surface area contributed by atoms with E-state index in [0.29, 0.717) is 34.9 Å². The number of carbonyl (C=O) groups is 1. The summed E-state index contributed by atoms with van der Waals surface area (Å²) < 4.78 is 17.9. The highest BCUT2D eigenvalue weighted by atomic mass is 16.7. The molecule has 33 heavy (non-hydrogen) atoms. The number of unbranched alkanes of at least 4 members (excludes halogenated alkanes) is 3. The molecule has 8 heteroatoms. The first-order valence-electron chi connectivity index (χ1n) is 11.4. The maximum Gasteiger partial charge on any atom is 0.340 e. The first kappa shape index (κ1) is 20.2. The molecule has 0 amide bonds. The van der Waals surface area contributed by atoms with Gasteiger partial charge in [0.05, 0.1) is 29.0 Å². The number of ether oxygens (including phenoxy) is 3. The number of carbonyl (C=O) groups excluding carboxylic acids is 1. The van der Waals surface area contributed by atoms with Gasteiger partial charge >= 0.3 is 5.97 Å². The van der Waals surface area contributed by atoms with Crippen molar-refractivity contribution < 1.29 is 24.1 Å². The van der Waals surface area contributed by atoms with Gasteiger partial charge in [0.25, 0.3) is 5.56 Å². The van der Waals surface area contributed by atoms with Gasteiger partial charge in [0.1, 0.15) is 6.61 Å². The lowest BCUT2D eigenvalue weighted by Crippen LogP contribution is -2.32. The molecule has 0 fully saturated rings. The van der Waals surface area contributed by atoms with Crippen LogP contribution in [0, 0.1) is 0 Å². The molecule has 1 unspecified atom stereocenters. The van der Waals surface area contributed by atoms with Crippen molar-refractivity contribution in [2.75, 3.05) is 6.79 Å². The molecule has 6 rings (SSSR count). The molecule has 5 heterocycles. The Labute approximate surface area is 189 Å². The Kier molecular flexibility index (Phi) is 4.65. The SMILES string of the molecule is CCCCCCc1c2c(nc3cc4c(cc13)OCO4)-c1cc3c(c(=O)n1C2)COC(=O)C3O. The largest absolute Gasteiger partial charge is 0.458 e. The normalized spacial score (nSPS) is 17.6. The van der Waals surface area contributed by atoms with E-state index in [0.717, 1.165) is 47.8 Å². The Morgan fingerprint density at radius 1 is 1.06 bits per heavy atom. The molecular formula is C25H24N2O6. The number of aromatic nitrogens is 2. The zero-order valence-corrected chi connectivity index (χ0v) is 18.3. The van der Waals surface area contributed by atoms with Gasteiger partial charge < -0.3 is 23.9 Å². The first-order chi connectivity index (χ1) is 16.1. The summed E-state index contributed by atoms with van der Waals surface area (Å²) in [7, 11) is 0. The summed E-state index contributed by atoms with van der Waals surface area (Å²) >= 11 is 0. The lowest BCUT2D eigenvalue weighted by atomic mass is 9.95. The van der Waals surface area contributed by atoms with Gasteiger partial charge in [-0.1, -0.05) is 26.2 Å². The number of esters is 1. The van der Waals surface area contributed by atoms with Crippen LogP contribution in [-0.4, -0.2) is 27.4 Å². The van der Waals surface area contributed by atoms with Crippen LogP contribution in [0.1, 0.15) is 61.0 Å². The molecule has 2 aromatic heterocycles. The number of fused-ring (bicyclic) bond motifs is 6. The van der Waals surface area contributed by atoms with Crippen molar-refractivity contribution in [2.24, 2.45) is 0 Å². The fourth-order valence-electron chi connectivity index (χ4n) is 5.11. The molecule has 0 saturated carbocycles. The van der Waals surface area contributed by atoms with Crippen molar-refractivity contribution in [3.8, 4) is 22.9 Å².